The molecule has 0 radical (unpaired) electrons. The van der Waals surface area contributed by atoms with Crippen molar-refractivity contribution in [2.24, 2.45) is 0 Å². The second-order valence-electron chi connectivity index (χ2n) is 11.2. The van der Waals surface area contributed by atoms with E-state index >= 15 is 0 Å². The molecule has 1 aromatic heterocycles. The summed E-state index contributed by atoms with van der Waals surface area (Å²) in [5, 5.41) is 10.5. The van der Waals surface area contributed by atoms with Crippen molar-refractivity contribution in [2.75, 3.05) is 0 Å². The molecule has 190 valence electrons. The summed E-state index contributed by atoms with van der Waals surface area (Å²) >= 11 is 0. The van der Waals surface area contributed by atoms with Crippen molar-refractivity contribution in [1.82, 2.24) is 4.57 Å². The van der Waals surface area contributed by atoms with Gasteiger partial charge in [0, 0.05) is 23.1 Å². The highest BCUT2D eigenvalue weighted by Gasteiger charge is 2.47. The van der Waals surface area contributed by atoms with Crippen molar-refractivity contribution in [3.05, 3.63) is 64.8 Å². The lowest BCUT2D eigenvalue weighted by Crippen LogP contribution is -2.50. The van der Waals surface area contributed by atoms with Crippen LogP contribution < -0.4 is 4.43 Å². The highest BCUT2D eigenvalue weighted by atomic mass is 28.4. The van der Waals surface area contributed by atoms with Crippen molar-refractivity contribution < 1.29 is 14.3 Å². The zero-order chi connectivity index (χ0) is 26.1. The van der Waals surface area contributed by atoms with E-state index in [0.717, 1.165) is 27.9 Å². The van der Waals surface area contributed by atoms with Gasteiger partial charge >= 0.3 is 5.97 Å². The number of carboxylic acid groups (broad SMARTS) is 1. The van der Waals surface area contributed by atoms with Crippen LogP contribution in [0.2, 0.25) is 16.6 Å². The first kappa shape index (κ1) is 27.1. The summed E-state index contributed by atoms with van der Waals surface area (Å²) in [5.41, 5.74) is 7.01. The van der Waals surface area contributed by atoms with Crippen LogP contribution in [0.3, 0.4) is 0 Å². The fraction of sp³-hybridized carbons (Fsp3) is 0.500. The number of carboxylic acids is 1. The van der Waals surface area contributed by atoms with Gasteiger partial charge in [-0.2, -0.15) is 0 Å². The summed E-state index contributed by atoms with van der Waals surface area (Å²) in [5.74, 6) is 0.577. The standard InChI is InChI=1S/C30H43NO3Si/c1-19(2)26-16-24(14-15-29(26)34-35(20(3)4,21(5)6)22(7)8)18-31-23(9)27(17-30(32)33)25-12-10-11-13-28(25)31/h10-16,19-22H,17-18H2,1-9H3,(H,32,33). The predicted molar refractivity (Wildman–Crippen MR) is 149 cm³/mol. The first-order chi connectivity index (χ1) is 16.4. The summed E-state index contributed by atoms with van der Waals surface area (Å²) in [6, 6.07) is 14.8. The molecule has 35 heavy (non-hydrogen) atoms. The third kappa shape index (κ3) is 5.20. The third-order valence-electron chi connectivity index (χ3n) is 7.72. The molecule has 5 heteroatoms. The minimum Gasteiger partial charge on any atom is -0.542 e. The monoisotopic (exact) mass is 493 g/mol. The molecule has 0 aliphatic heterocycles. The van der Waals surface area contributed by atoms with Crippen molar-refractivity contribution in [1.29, 1.82) is 0 Å². The van der Waals surface area contributed by atoms with E-state index in [9.17, 15) is 9.90 Å². The summed E-state index contributed by atoms with van der Waals surface area (Å²) in [7, 11) is -2.06. The first-order valence-electron chi connectivity index (χ1n) is 13.0. The van der Waals surface area contributed by atoms with Gasteiger partial charge in [-0.1, -0.05) is 85.7 Å². The van der Waals surface area contributed by atoms with Crippen LogP contribution in [0.5, 0.6) is 5.75 Å². The van der Waals surface area contributed by atoms with Crippen molar-refractivity contribution >= 4 is 25.2 Å². The molecule has 1 heterocycles. The Balaban J connectivity index is 2.06. The maximum absolute atomic E-state index is 11.5. The molecule has 0 amide bonds. The molecule has 0 aliphatic rings. The number of aromatic nitrogens is 1. The predicted octanol–water partition coefficient (Wildman–Crippen LogP) is 8.30. The molecule has 0 spiro atoms. The Morgan fingerprint density at radius 2 is 1.54 bits per heavy atom. The second kappa shape index (κ2) is 10.6. The average Bonchev–Trinajstić information content (AvgIpc) is 3.02. The SMILES string of the molecule is Cc1c(CC(=O)O)c2ccccc2n1Cc1ccc(O[Si](C(C)C)(C(C)C)C(C)C)c(C(C)C)c1. The van der Waals surface area contributed by atoms with Crippen LogP contribution in [0.4, 0.5) is 0 Å². The number of hydrogen-bond acceptors (Lipinski definition) is 2. The number of hydrogen-bond donors (Lipinski definition) is 1. The molecule has 3 rings (SSSR count). The zero-order valence-corrected chi connectivity index (χ0v) is 24.0. The van der Waals surface area contributed by atoms with Crippen molar-refractivity contribution in [3.8, 4) is 5.75 Å². The van der Waals surface area contributed by atoms with Crippen LogP contribution in [0, 0.1) is 6.92 Å². The number of fused-ring (bicyclic) bond motifs is 1. The first-order valence-corrected chi connectivity index (χ1v) is 15.1. The molecule has 0 atom stereocenters. The van der Waals surface area contributed by atoms with Gasteiger partial charge < -0.3 is 14.1 Å². The summed E-state index contributed by atoms with van der Waals surface area (Å²) in [6.45, 7) is 21.1. The highest BCUT2D eigenvalue weighted by Crippen LogP contribution is 2.44. The van der Waals surface area contributed by atoms with Gasteiger partial charge in [0.05, 0.1) is 6.42 Å². The van der Waals surface area contributed by atoms with E-state index in [-0.39, 0.29) is 6.42 Å². The average molecular weight is 494 g/mol. The summed E-state index contributed by atoms with van der Waals surface area (Å²) in [6.07, 6.45) is 0.0374. The Bertz CT molecular complexity index is 1170. The van der Waals surface area contributed by atoms with E-state index in [4.69, 9.17) is 4.43 Å². The van der Waals surface area contributed by atoms with Gasteiger partial charge in [0.25, 0.3) is 8.32 Å². The zero-order valence-electron chi connectivity index (χ0n) is 23.0. The largest absolute Gasteiger partial charge is 0.542 e. The summed E-state index contributed by atoms with van der Waals surface area (Å²) in [4.78, 5) is 11.5. The number of benzene rings is 2. The maximum atomic E-state index is 11.5. The molecule has 0 saturated carbocycles. The van der Waals surface area contributed by atoms with Gasteiger partial charge in [-0.05, 0) is 58.3 Å². The quantitative estimate of drug-likeness (QED) is 0.289. The van der Waals surface area contributed by atoms with E-state index in [1.165, 1.54) is 11.1 Å². The Hall–Kier alpha value is -2.53. The molecule has 4 nitrogen and oxygen atoms in total. The maximum Gasteiger partial charge on any atom is 0.307 e. The topological polar surface area (TPSA) is 51.5 Å². The van der Waals surface area contributed by atoms with E-state index in [1.54, 1.807) is 0 Å². The van der Waals surface area contributed by atoms with Gasteiger partial charge in [0.15, 0.2) is 0 Å². The minimum absolute atomic E-state index is 0.0374. The van der Waals surface area contributed by atoms with Crippen LogP contribution in [0.15, 0.2) is 42.5 Å². The highest BCUT2D eigenvalue weighted by molar-refractivity contribution is 6.78. The molecule has 2 aromatic carbocycles. The van der Waals surface area contributed by atoms with E-state index in [2.05, 4.69) is 84.2 Å². The lowest BCUT2D eigenvalue weighted by Gasteiger charge is -2.43. The third-order valence-corrected chi connectivity index (χ3v) is 13.7. The number of para-hydroxylation sites is 1. The lowest BCUT2D eigenvalue weighted by molar-refractivity contribution is -0.136. The Kier molecular flexibility index (Phi) is 8.20. The van der Waals surface area contributed by atoms with E-state index in [0.29, 0.717) is 29.1 Å². The van der Waals surface area contributed by atoms with Gasteiger partial charge in [0.2, 0.25) is 0 Å². The van der Waals surface area contributed by atoms with Crippen molar-refractivity contribution in [2.45, 2.75) is 97.8 Å². The van der Waals surface area contributed by atoms with Gasteiger partial charge in [-0.15, -0.1) is 0 Å². The van der Waals surface area contributed by atoms with Crippen LogP contribution in [0.25, 0.3) is 10.9 Å². The Morgan fingerprint density at radius 1 is 0.943 bits per heavy atom. The lowest BCUT2D eigenvalue weighted by atomic mass is 9.99. The van der Waals surface area contributed by atoms with E-state index in [1.807, 2.05) is 25.1 Å². The normalized spacial score (nSPS) is 12.5. The van der Waals surface area contributed by atoms with Gasteiger partial charge in [0.1, 0.15) is 5.75 Å². The van der Waals surface area contributed by atoms with Crippen LogP contribution in [-0.2, 0) is 17.8 Å². The Morgan fingerprint density at radius 3 is 2.09 bits per heavy atom. The molecule has 1 N–H and O–H groups in total. The molecule has 0 bridgehead atoms. The fourth-order valence-electron chi connectivity index (χ4n) is 6.05. The van der Waals surface area contributed by atoms with Gasteiger partial charge in [-0.25, -0.2) is 0 Å². The number of rotatable bonds is 10. The van der Waals surface area contributed by atoms with Gasteiger partial charge in [-0.3, -0.25) is 4.79 Å². The second-order valence-corrected chi connectivity index (χ2v) is 16.6. The van der Waals surface area contributed by atoms with Crippen LogP contribution >= 0.6 is 0 Å². The molecule has 0 aliphatic carbocycles. The number of nitrogens with zero attached hydrogens (tertiary/aromatic N) is 1. The Labute approximate surface area is 212 Å². The molecule has 0 unspecified atom stereocenters. The molecular formula is C30H43NO3Si. The molecule has 0 saturated heterocycles. The van der Waals surface area contributed by atoms with E-state index < -0.39 is 14.3 Å². The number of carbonyl (C=O) groups is 1. The molecule has 3 aromatic rings. The smallest absolute Gasteiger partial charge is 0.307 e. The van der Waals surface area contributed by atoms with Crippen LogP contribution in [-0.4, -0.2) is 24.0 Å². The fourth-order valence-corrected chi connectivity index (χ4v) is 11.3. The summed E-state index contributed by atoms with van der Waals surface area (Å²) < 4.78 is 9.35. The van der Waals surface area contributed by atoms with Crippen LogP contribution in [0.1, 0.15) is 83.7 Å². The number of aliphatic carboxylic acids is 1. The molecular weight excluding hydrogens is 450 g/mol. The minimum atomic E-state index is -2.06. The molecule has 0 fully saturated rings. The van der Waals surface area contributed by atoms with Crippen molar-refractivity contribution in [3.63, 3.8) is 0 Å².